The number of nitrogens with one attached hydrogen (secondary N) is 1. The van der Waals surface area contributed by atoms with Crippen LogP contribution in [0.1, 0.15) is 61.5 Å². The van der Waals surface area contributed by atoms with Gasteiger partial charge in [-0.25, -0.2) is 0 Å². The molecule has 4 nitrogen and oxygen atoms in total. The van der Waals surface area contributed by atoms with Crippen molar-refractivity contribution in [3.63, 3.8) is 0 Å². The molecule has 25 heavy (non-hydrogen) atoms. The second-order valence-corrected chi connectivity index (χ2v) is 6.80. The lowest BCUT2D eigenvalue weighted by molar-refractivity contribution is 0.0607. The third kappa shape index (κ3) is 4.19. The fourth-order valence-electron chi connectivity index (χ4n) is 3.57. The molecule has 3 rings (SSSR count). The SMILES string of the molecule is CCC1CCCCN1C(=O)c1cncc(NC(C)c2ccccc2)c1. The molecule has 4 heteroatoms. The highest BCUT2D eigenvalue weighted by Gasteiger charge is 2.26. The molecule has 2 atom stereocenters. The summed E-state index contributed by atoms with van der Waals surface area (Å²) < 4.78 is 0. The van der Waals surface area contributed by atoms with E-state index >= 15 is 0 Å². The first-order chi connectivity index (χ1) is 12.2. The van der Waals surface area contributed by atoms with Crippen LogP contribution < -0.4 is 5.32 Å². The number of hydrogen-bond donors (Lipinski definition) is 1. The van der Waals surface area contributed by atoms with E-state index in [1.807, 2.05) is 29.2 Å². The van der Waals surface area contributed by atoms with Crippen molar-refractivity contribution in [3.05, 3.63) is 59.9 Å². The van der Waals surface area contributed by atoms with Crippen molar-refractivity contribution in [3.8, 4) is 0 Å². The predicted octanol–water partition coefficient (Wildman–Crippen LogP) is 4.66. The zero-order chi connectivity index (χ0) is 17.6. The van der Waals surface area contributed by atoms with Crippen LogP contribution in [0.25, 0.3) is 0 Å². The summed E-state index contributed by atoms with van der Waals surface area (Å²) in [6.45, 7) is 5.13. The van der Waals surface area contributed by atoms with E-state index in [1.54, 1.807) is 12.4 Å². The minimum absolute atomic E-state index is 0.107. The van der Waals surface area contributed by atoms with E-state index < -0.39 is 0 Å². The lowest BCUT2D eigenvalue weighted by Gasteiger charge is -2.35. The number of aromatic nitrogens is 1. The lowest BCUT2D eigenvalue weighted by Crippen LogP contribution is -2.43. The van der Waals surface area contributed by atoms with Gasteiger partial charge in [0.2, 0.25) is 0 Å². The average Bonchev–Trinajstić information content (AvgIpc) is 2.68. The molecule has 2 aromatic rings. The number of hydrogen-bond acceptors (Lipinski definition) is 3. The quantitative estimate of drug-likeness (QED) is 0.863. The highest BCUT2D eigenvalue weighted by molar-refractivity contribution is 5.95. The van der Waals surface area contributed by atoms with E-state index in [4.69, 9.17) is 0 Å². The van der Waals surface area contributed by atoms with Gasteiger partial charge >= 0.3 is 0 Å². The summed E-state index contributed by atoms with van der Waals surface area (Å²) in [5.74, 6) is 0.107. The Balaban J connectivity index is 1.73. The van der Waals surface area contributed by atoms with Gasteiger partial charge in [0.25, 0.3) is 5.91 Å². The molecule has 0 aliphatic carbocycles. The fraction of sp³-hybridized carbons (Fsp3) is 0.429. The first-order valence-electron chi connectivity index (χ1n) is 9.26. The molecule has 2 unspecified atom stereocenters. The van der Waals surface area contributed by atoms with Gasteiger partial charge < -0.3 is 10.2 Å². The van der Waals surface area contributed by atoms with Crippen molar-refractivity contribution in [1.82, 2.24) is 9.88 Å². The van der Waals surface area contributed by atoms with Gasteiger partial charge in [-0.05, 0) is 44.2 Å². The molecule has 1 saturated heterocycles. The maximum absolute atomic E-state index is 12.9. The molecular formula is C21H27N3O. The molecule has 0 spiro atoms. The van der Waals surface area contributed by atoms with Gasteiger partial charge in [-0.1, -0.05) is 37.3 Å². The minimum Gasteiger partial charge on any atom is -0.377 e. The molecule has 1 aliphatic heterocycles. The topological polar surface area (TPSA) is 45.2 Å². The molecule has 1 fully saturated rings. The van der Waals surface area contributed by atoms with Crippen LogP contribution in [0.2, 0.25) is 0 Å². The summed E-state index contributed by atoms with van der Waals surface area (Å²) in [7, 11) is 0. The standard InChI is InChI=1S/C21H27N3O/c1-3-20-11-7-8-12-24(20)21(25)18-13-19(15-22-14-18)23-16(2)17-9-5-4-6-10-17/h4-6,9-10,13-16,20,23H,3,7-8,11-12H2,1-2H3. The molecule has 1 aliphatic rings. The van der Waals surface area contributed by atoms with E-state index in [1.165, 1.54) is 12.0 Å². The van der Waals surface area contributed by atoms with Crippen LogP contribution in [0.15, 0.2) is 48.8 Å². The van der Waals surface area contributed by atoms with Crippen LogP contribution in [0.5, 0.6) is 0 Å². The number of carbonyl (C=O) groups excluding carboxylic acids is 1. The highest BCUT2D eigenvalue weighted by Crippen LogP contribution is 2.23. The van der Waals surface area contributed by atoms with E-state index in [0.717, 1.165) is 31.5 Å². The molecule has 0 saturated carbocycles. The Morgan fingerprint density at radius 3 is 2.84 bits per heavy atom. The molecule has 1 N–H and O–H groups in total. The molecule has 0 bridgehead atoms. The van der Waals surface area contributed by atoms with Crippen LogP contribution in [0.4, 0.5) is 5.69 Å². The number of amides is 1. The van der Waals surface area contributed by atoms with Crippen molar-refractivity contribution >= 4 is 11.6 Å². The van der Waals surface area contributed by atoms with Crippen molar-refractivity contribution in [2.24, 2.45) is 0 Å². The molecule has 1 amide bonds. The smallest absolute Gasteiger partial charge is 0.255 e. The number of benzene rings is 1. The Labute approximate surface area is 150 Å². The van der Waals surface area contributed by atoms with E-state index in [-0.39, 0.29) is 11.9 Å². The Morgan fingerprint density at radius 1 is 1.28 bits per heavy atom. The summed E-state index contributed by atoms with van der Waals surface area (Å²) in [6, 6.07) is 12.7. The van der Waals surface area contributed by atoms with E-state index in [9.17, 15) is 4.79 Å². The Morgan fingerprint density at radius 2 is 2.08 bits per heavy atom. The van der Waals surface area contributed by atoms with Gasteiger partial charge in [-0.2, -0.15) is 0 Å². The van der Waals surface area contributed by atoms with Crippen LogP contribution in [0, 0.1) is 0 Å². The fourth-order valence-corrected chi connectivity index (χ4v) is 3.57. The second-order valence-electron chi connectivity index (χ2n) is 6.80. The number of piperidine rings is 1. The maximum atomic E-state index is 12.9. The van der Waals surface area contributed by atoms with Crippen molar-refractivity contribution < 1.29 is 4.79 Å². The number of likely N-dealkylation sites (tertiary alicyclic amines) is 1. The van der Waals surface area contributed by atoms with Crippen LogP contribution in [-0.4, -0.2) is 28.4 Å². The first-order valence-corrected chi connectivity index (χ1v) is 9.26. The van der Waals surface area contributed by atoms with Crippen LogP contribution in [-0.2, 0) is 0 Å². The van der Waals surface area contributed by atoms with Crippen LogP contribution >= 0.6 is 0 Å². The average molecular weight is 337 g/mol. The number of anilines is 1. The second kappa shape index (κ2) is 8.15. The van der Waals surface area contributed by atoms with Gasteiger partial charge in [0, 0.05) is 31.0 Å². The molecule has 132 valence electrons. The minimum atomic E-state index is 0.107. The Bertz CT molecular complexity index is 701. The third-order valence-corrected chi connectivity index (χ3v) is 5.03. The summed E-state index contributed by atoms with van der Waals surface area (Å²) in [4.78, 5) is 19.3. The third-order valence-electron chi connectivity index (χ3n) is 5.03. The number of rotatable bonds is 5. The van der Waals surface area contributed by atoms with Crippen molar-refractivity contribution in [2.75, 3.05) is 11.9 Å². The summed E-state index contributed by atoms with van der Waals surface area (Å²) in [5.41, 5.74) is 2.76. The predicted molar refractivity (Wildman–Crippen MR) is 102 cm³/mol. The number of carbonyl (C=O) groups is 1. The van der Waals surface area contributed by atoms with Crippen molar-refractivity contribution in [2.45, 2.75) is 51.6 Å². The molecule has 2 heterocycles. The molecular weight excluding hydrogens is 310 g/mol. The lowest BCUT2D eigenvalue weighted by atomic mass is 9.99. The van der Waals surface area contributed by atoms with Gasteiger partial charge in [-0.3, -0.25) is 9.78 Å². The maximum Gasteiger partial charge on any atom is 0.255 e. The van der Waals surface area contributed by atoms with E-state index in [0.29, 0.717) is 11.6 Å². The zero-order valence-corrected chi connectivity index (χ0v) is 15.1. The van der Waals surface area contributed by atoms with Gasteiger partial charge in [-0.15, -0.1) is 0 Å². The summed E-state index contributed by atoms with van der Waals surface area (Å²) in [5, 5.41) is 3.45. The van der Waals surface area contributed by atoms with Gasteiger partial charge in [0.15, 0.2) is 0 Å². The Hall–Kier alpha value is -2.36. The molecule has 1 aromatic heterocycles. The molecule has 1 aromatic carbocycles. The van der Waals surface area contributed by atoms with Crippen molar-refractivity contribution in [1.29, 1.82) is 0 Å². The normalized spacial score (nSPS) is 18.6. The number of nitrogens with zero attached hydrogens (tertiary/aromatic N) is 2. The number of pyridine rings is 1. The first kappa shape index (κ1) is 17.5. The summed E-state index contributed by atoms with van der Waals surface area (Å²) in [6.07, 6.45) is 7.90. The van der Waals surface area contributed by atoms with Crippen LogP contribution in [0.3, 0.4) is 0 Å². The Kier molecular flexibility index (Phi) is 5.69. The summed E-state index contributed by atoms with van der Waals surface area (Å²) >= 11 is 0. The zero-order valence-electron chi connectivity index (χ0n) is 15.1. The van der Waals surface area contributed by atoms with Gasteiger partial charge in [0.05, 0.1) is 11.3 Å². The van der Waals surface area contributed by atoms with E-state index in [2.05, 4.69) is 36.3 Å². The molecule has 0 radical (unpaired) electrons. The largest absolute Gasteiger partial charge is 0.377 e. The van der Waals surface area contributed by atoms with Gasteiger partial charge in [0.1, 0.15) is 0 Å². The highest BCUT2D eigenvalue weighted by atomic mass is 16.2. The monoisotopic (exact) mass is 337 g/mol.